The summed E-state index contributed by atoms with van der Waals surface area (Å²) in [5.41, 5.74) is 6.81. The number of carbonyl (C=O) groups excluding carboxylic acids is 1. The van der Waals surface area contributed by atoms with E-state index in [1.54, 1.807) is 72.8 Å². The molecule has 2 N–H and O–H groups in total. The molecule has 0 aliphatic rings. The van der Waals surface area contributed by atoms with Crippen molar-refractivity contribution in [1.82, 2.24) is 0 Å². The van der Waals surface area contributed by atoms with Gasteiger partial charge in [-0.25, -0.2) is 4.79 Å². The Labute approximate surface area is 146 Å². The first-order valence-corrected chi connectivity index (χ1v) is 9.50. The summed E-state index contributed by atoms with van der Waals surface area (Å²) in [5, 5.41) is 0.959. The first kappa shape index (κ1) is 17.2. The Hall–Kier alpha value is -2.68. The zero-order chi connectivity index (χ0) is 17.7. The van der Waals surface area contributed by atoms with E-state index in [2.05, 4.69) is 0 Å². The maximum atomic E-state index is 13.7. The predicted molar refractivity (Wildman–Crippen MR) is 99.5 cm³/mol. The molecule has 0 radical (unpaired) electrons. The van der Waals surface area contributed by atoms with Crippen LogP contribution in [0.4, 0.5) is 0 Å². The second-order valence-electron chi connectivity index (χ2n) is 5.50. The number of rotatable bonds is 5. The van der Waals surface area contributed by atoms with Crippen LogP contribution in [0.25, 0.3) is 0 Å². The van der Waals surface area contributed by atoms with E-state index in [-0.39, 0.29) is 0 Å². The Morgan fingerprint density at radius 2 is 1.28 bits per heavy atom. The van der Waals surface area contributed by atoms with Crippen molar-refractivity contribution in [2.45, 2.75) is 6.54 Å². The van der Waals surface area contributed by atoms with Crippen molar-refractivity contribution in [2.75, 3.05) is 0 Å². The quantitative estimate of drug-likeness (QED) is 0.717. The number of hydrogen-bond acceptors (Lipinski definition) is 4. The fraction of sp³-hybridized carbons (Fsp3) is 0.0500. The fourth-order valence-corrected chi connectivity index (χ4v) is 4.43. The van der Waals surface area contributed by atoms with Crippen LogP contribution in [0.5, 0.6) is 0 Å². The van der Waals surface area contributed by atoms with Crippen LogP contribution in [0.3, 0.4) is 0 Å². The largest absolute Gasteiger partial charge is 0.401 e. The summed E-state index contributed by atoms with van der Waals surface area (Å²) in [6.45, 7) is 0.391. The Bertz CT molecular complexity index is 850. The van der Waals surface area contributed by atoms with Crippen LogP contribution >= 0.6 is 7.37 Å². The highest BCUT2D eigenvalue weighted by Crippen LogP contribution is 2.45. The Morgan fingerprint density at radius 3 is 1.72 bits per heavy atom. The van der Waals surface area contributed by atoms with Gasteiger partial charge in [-0.2, -0.15) is 0 Å². The summed E-state index contributed by atoms with van der Waals surface area (Å²) in [6, 6.07) is 24.3. The van der Waals surface area contributed by atoms with Gasteiger partial charge in [0.2, 0.25) is 0 Å². The molecule has 3 aromatic carbocycles. The normalized spacial score (nSPS) is 11.1. The van der Waals surface area contributed by atoms with E-state index in [0.717, 1.165) is 5.56 Å². The van der Waals surface area contributed by atoms with Gasteiger partial charge in [-0.3, -0.25) is 4.57 Å². The Morgan fingerprint density at radius 1 is 0.800 bits per heavy atom. The Balaban J connectivity index is 1.98. The van der Waals surface area contributed by atoms with Crippen LogP contribution in [0.15, 0.2) is 84.9 Å². The summed E-state index contributed by atoms with van der Waals surface area (Å²) >= 11 is 0. The Kier molecular flexibility index (Phi) is 5.13. The average molecular weight is 351 g/mol. The molecular weight excluding hydrogens is 333 g/mol. The van der Waals surface area contributed by atoms with Crippen molar-refractivity contribution in [1.29, 1.82) is 0 Å². The van der Waals surface area contributed by atoms with Crippen LogP contribution in [-0.4, -0.2) is 5.97 Å². The molecule has 0 fully saturated rings. The molecule has 0 aliphatic heterocycles. The molecule has 0 unspecified atom stereocenters. The van der Waals surface area contributed by atoms with E-state index in [9.17, 15) is 9.36 Å². The predicted octanol–water partition coefficient (Wildman–Crippen LogP) is 3.23. The van der Waals surface area contributed by atoms with E-state index < -0.39 is 13.3 Å². The van der Waals surface area contributed by atoms with Gasteiger partial charge in [0.05, 0.1) is 16.2 Å². The molecule has 0 saturated carbocycles. The summed E-state index contributed by atoms with van der Waals surface area (Å²) in [4.78, 5) is 12.6. The van der Waals surface area contributed by atoms with Gasteiger partial charge in [0.25, 0.3) is 0 Å². The van der Waals surface area contributed by atoms with Crippen molar-refractivity contribution < 1.29 is 13.9 Å². The number of hydrogen-bond donors (Lipinski definition) is 1. The van der Waals surface area contributed by atoms with E-state index in [0.29, 0.717) is 22.7 Å². The van der Waals surface area contributed by atoms with Gasteiger partial charge in [0, 0.05) is 6.54 Å². The lowest BCUT2D eigenvalue weighted by molar-refractivity contribution is 0.0747. The molecule has 0 saturated heterocycles. The highest BCUT2D eigenvalue weighted by molar-refractivity contribution is 7.74. The zero-order valence-electron chi connectivity index (χ0n) is 13.5. The third-order valence-electron chi connectivity index (χ3n) is 3.83. The van der Waals surface area contributed by atoms with Crippen LogP contribution < -0.4 is 16.3 Å². The van der Waals surface area contributed by atoms with Crippen LogP contribution in [0.1, 0.15) is 15.9 Å². The maximum Gasteiger partial charge on any atom is 0.343 e. The molecule has 3 aromatic rings. The molecule has 5 heteroatoms. The molecule has 0 heterocycles. The smallest absolute Gasteiger partial charge is 0.343 e. The van der Waals surface area contributed by atoms with E-state index in [1.807, 2.05) is 12.1 Å². The van der Waals surface area contributed by atoms with Crippen LogP contribution in [-0.2, 0) is 15.6 Å². The number of nitrogens with two attached hydrogens (primary N) is 1. The minimum Gasteiger partial charge on any atom is -0.401 e. The molecule has 3 rings (SSSR count). The third-order valence-corrected chi connectivity index (χ3v) is 6.21. The standard InChI is InChI=1S/C20H18NO3P/c21-15-16-11-13-17(14-12-16)20(22)24-25(23,18-7-3-1-4-8-18)19-9-5-2-6-10-19/h1-14H,15,21H2. The molecule has 0 bridgehead atoms. The fourth-order valence-electron chi connectivity index (χ4n) is 2.45. The molecular formula is C20H18NO3P. The minimum atomic E-state index is -3.54. The molecule has 4 nitrogen and oxygen atoms in total. The van der Waals surface area contributed by atoms with Gasteiger partial charge >= 0.3 is 13.3 Å². The van der Waals surface area contributed by atoms with Crippen molar-refractivity contribution in [2.24, 2.45) is 5.73 Å². The molecule has 0 spiro atoms. The maximum absolute atomic E-state index is 13.7. The topological polar surface area (TPSA) is 69.4 Å². The van der Waals surface area contributed by atoms with E-state index >= 15 is 0 Å². The van der Waals surface area contributed by atoms with Crippen molar-refractivity contribution in [3.63, 3.8) is 0 Å². The van der Waals surface area contributed by atoms with Crippen LogP contribution in [0, 0.1) is 0 Å². The van der Waals surface area contributed by atoms with E-state index in [1.165, 1.54) is 0 Å². The number of benzene rings is 3. The lowest BCUT2D eigenvalue weighted by atomic mass is 10.1. The van der Waals surface area contributed by atoms with E-state index in [4.69, 9.17) is 10.3 Å². The van der Waals surface area contributed by atoms with Gasteiger partial charge in [-0.05, 0) is 42.0 Å². The second-order valence-corrected chi connectivity index (χ2v) is 7.82. The van der Waals surface area contributed by atoms with Crippen LogP contribution in [0.2, 0.25) is 0 Å². The van der Waals surface area contributed by atoms with Gasteiger partial charge in [0.1, 0.15) is 0 Å². The van der Waals surface area contributed by atoms with Gasteiger partial charge in [-0.15, -0.1) is 0 Å². The summed E-state index contributed by atoms with van der Waals surface area (Å²) in [7, 11) is -3.54. The molecule has 0 aromatic heterocycles. The second kappa shape index (κ2) is 7.47. The first-order valence-electron chi connectivity index (χ1n) is 7.88. The molecule has 25 heavy (non-hydrogen) atoms. The number of carbonyl (C=O) groups is 1. The third kappa shape index (κ3) is 3.71. The average Bonchev–Trinajstić information content (AvgIpc) is 2.69. The highest BCUT2D eigenvalue weighted by atomic mass is 31.2. The molecule has 126 valence electrons. The van der Waals surface area contributed by atoms with Crippen molar-refractivity contribution in [3.05, 3.63) is 96.1 Å². The molecule has 0 amide bonds. The minimum absolute atomic E-state index is 0.337. The molecule has 0 atom stereocenters. The lowest BCUT2D eigenvalue weighted by Gasteiger charge is -2.19. The lowest BCUT2D eigenvalue weighted by Crippen LogP contribution is -2.20. The van der Waals surface area contributed by atoms with Crippen molar-refractivity contribution in [3.8, 4) is 0 Å². The monoisotopic (exact) mass is 351 g/mol. The summed E-state index contributed by atoms with van der Waals surface area (Å²) in [5.74, 6) is -0.625. The highest BCUT2D eigenvalue weighted by Gasteiger charge is 2.32. The van der Waals surface area contributed by atoms with Crippen molar-refractivity contribution >= 4 is 23.9 Å². The summed E-state index contributed by atoms with van der Waals surface area (Å²) in [6.07, 6.45) is 0. The SMILES string of the molecule is NCc1ccc(C(=O)OP(=O)(c2ccccc2)c2ccccc2)cc1. The zero-order valence-corrected chi connectivity index (χ0v) is 14.4. The van der Waals surface area contributed by atoms with Gasteiger partial charge in [0.15, 0.2) is 0 Å². The summed E-state index contributed by atoms with van der Waals surface area (Å²) < 4.78 is 19.2. The molecule has 0 aliphatic carbocycles. The van der Waals surface area contributed by atoms with Gasteiger partial charge < -0.3 is 10.3 Å². The first-order chi connectivity index (χ1) is 12.1. The van der Waals surface area contributed by atoms with Gasteiger partial charge in [-0.1, -0.05) is 48.5 Å².